The van der Waals surface area contributed by atoms with Crippen molar-refractivity contribution >= 4 is 21.4 Å². The second-order valence-corrected chi connectivity index (χ2v) is 6.93. The van der Waals surface area contributed by atoms with Gasteiger partial charge in [0.2, 0.25) is 0 Å². The van der Waals surface area contributed by atoms with Crippen molar-refractivity contribution < 1.29 is 8.42 Å². The van der Waals surface area contributed by atoms with Crippen LogP contribution in [0.1, 0.15) is 18.4 Å². The molecular weight excluding hydrogens is 258 g/mol. The minimum absolute atomic E-state index is 0.210. The summed E-state index contributed by atoms with van der Waals surface area (Å²) < 4.78 is 22.8. The smallest absolute Gasteiger partial charge is 0.176 e. The summed E-state index contributed by atoms with van der Waals surface area (Å²) in [4.78, 5) is 0.210. The van der Waals surface area contributed by atoms with Crippen molar-refractivity contribution in [3.8, 4) is 0 Å². The molecule has 1 aromatic rings. The van der Waals surface area contributed by atoms with Crippen molar-refractivity contribution in [1.29, 1.82) is 0 Å². The molecule has 0 saturated carbocycles. The van der Waals surface area contributed by atoms with Gasteiger partial charge in [-0.3, -0.25) is 0 Å². The molecule has 0 radical (unpaired) electrons. The van der Waals surface area contributed by atoms with Crippen LogP contribution in [0.3, 0.4) is 0 Å². The standard InChI is InChI=1S/C12H16ClNO2S/c1-17(15,16)12-5-4-9(8-11(12)13)7-10-3-2-6-14-10/h4-5,8,10,14H,2-3,6-7H2,1H3. The number of halogens is 1. The molecule has 0 spiro atoms. The zero-order valence-electron chi connectivity index (χ0n) is 9.74. The van der Waals surface area contributed by atoms with Crippen LogP contribution in [0.5, 0.6) is 0 Å². The van der Waals surface area contributed by atoms with Crippen LogP contribution in [0.25, 0.3) is 0 Å². The van der Waals surface area contributed by atoms with Gasteiger partial charge in [-0.1, -0.05) is 17.7 Å². The van der Waals surface area contributed by atoms with Gasteiger partial charge >= 0.3 is 0 Å². The Morgan fingerprint density at radius 2 is 2.24 bits per heavy atom. The van der Waals surface area contributed by atoms with Crippen molar-refractivity contribution in [3.05, 3.63) is 28.8 Å². The highest BCUT2D eigenvalue weighted by atomic mass is 35.5. The van der Waals surface area contributed by atoms with Gasteiger partial charge in [0.05, 0.1) is 9.92 Å². The van der Waals surface area contributed by atoms with E-state index >= 15 is 0 Å². The predicted molar refractivity (Wildman–Crippen MR) is 69.3 cm³/mol. The van der Waals surface area contributed by atoms with E-state index in [0.29, 0.717) is 11.1 Å². The third-order valence-electron chi connectivity index (χ3n) is 3.04. The normalized spacial score (nSPS) is 20.7. The Morgan fingerprint density at radius 1 is 1.47 bits per heavy atom. The van der Waals surface area contributed by atoms with Crippen molar-refractivity contribution in [2.24, 2.45) is 0 Å². The summed E-state index contributed by atoms with van der Waals surface area (Å²) in [6, 6.07) is 5.71. The third kappa shape index (κ3) is 3.21. The highest BCUT2D eigenvalue weighted by Crippen LogP contribution is 2.24. The van der Waals surface area contributed by atoms with Gasteiger partial charge in [0, 0.05) is 12.3 Å². The first kappa shape index (κ1) is 12.9. The van der Waals surface area contributed by atoms with Gasteiger partial charge in [-0.15, -0.1) is 0 Å². The molecule has 1 saturated heterocycles. The molecule has 0 bridgehead atoms. The van der Waals surface area contributed by atoms with Gasteiger partial charge in [-0.05, 0) is 43.5 Å². The Kier molecular flexibility index (Phi) is 3.76. The summed E-state index contributed by atoms with van der Waals surface area (Å²) >= 11 is 6.00. The van der Waals surface area contributed by atoms with Gasteiger partial charge in [-0.25, -0.2) is 8.42 Å². The van der Waals surface area contributed by atoms with Crippen LogP contribution < -0.4 is 5.32 Å². The van der Waals surface area contributed by atoms with Gasteiger partial charge in [0.25, 0.3) is 0 Å². The Hall–Kier alpha value is -0.580. The average molecular weight is 274 g/mol. The van der Waals surface area contributed by atoms with Gasteiger partial charge in [0.1, 0.15) is 0 Å². The SMILES string of the molecule is CS(=O)(=O)c1ccc(CC2CCCN2)cc1Cl. The number of hydrogen-bond acceptors (Lipinski definition) is 3. The number of nitrogens with one attached hydrogen (secondary N) is 1. The summed E-state index contributed by atoms with van der Waals surface area (Å²) in [6.45, 7) is 1.07. The Morgan fingerprint density at radius 3 is 2.76 bits per heavy atom. The summed E-state index contributed by atoms with van der Waals surface area (Å²) in [5, 5.41) is 3.73. The van der Waals surface area contributed by atoms with Crippen molar-refractivity contribution in [2.75, 3.05) is 12.8 Å². The molecule has 1 N–H and O–H groups in total. The van der Waals surface area contributed by atoms with Crippen LogP contribution in [0.4, 0.5) is 0 Å². The summed E-state index contributed by atoms with van der Waals surface area (Å²) in [5.41, 5.74) is 1.09. The fraction of sp³-hybridized carbons (Fsp3) is 0.500. The summed E-state index contributed by atoms with van der Waals surface area (Å²) in [6.07, 6.45) is 4.46. The highest BCUT2D eigenvalue weighted by Gasteiger charge is 2.16. The zero-order chi connectivity index (χ0) is 12.5. The fourth-order valence-electron chi connectivity index (χ4n) is 2.19. The lowest BCUT2D eigenvalue weighted by molar-refractivity contribution is 0.600. The third-order valence-corrected chi connectivity index (χ3v) is 4.62. The largest absolute Gasteiger partial charge is 0.314 e. The summed E-state index contributed by atoms with van der Waals surface area (Å²) in [7, 11) is -3.23. The van der Waals surface area contributed by atoms with Crippen molar-refractivity contribution in [3.63, 3.8) is 0 Å². The number of sulfone groups is 1. The molecule has 3 nitrogen and oxygen atoms in total. The molecule has 1 fully saturated rings. The van der Waals surface area contributed by atoms with E-state index in [9.17, 15) is 8.42 Å². The van der Waals surface area contributed by atoms with Crippen LogP contribution in [0, 0.1) is 0 Å². The second kappa shape index (κ2) is 4.96. The van der Waals surface area contributed by atoms with E-state index in [-0.39, 0.29) is 4.90 Å². The molecule has 0 aliphatic carbocycles. The number of benzene rings is 1. The predicted octanol–water partition coefficient (Wildman–Crippen LogP) is 2.04. The Labute approximate surface area is 107 Å². The first-order valence-electron chi connectivity index (χ1n) is 5.69. The second-order valence-electron chi connectivity index (χ2n) is 4.53. The van der Waals surface area contributed by atoms with E-state index in [1.54, 1.807) is 12.1 Å². The molecule has 2 rings (SSSR count). The minimum atomic E-state index is -3.23. The van der Waals surface area contributed by atoms with E-state index in [1.807, 2.05) is 6.07 Å². The zero-order valence-corrected chi connectivity index (χ0v) is 11.3. The Balaban J connectivity index is 2.19. The van der Waals surface area contributed by atoms with Crippen LogP contribution in [-0.2, 0) is 16.3 Å². The van der Waals surface area contributed by atoms with E-state index in [1.165, 1.54) is 19.1 Å². The lowest BCUT2D eigenvalue weighted by Crippen LogP contribution is -2.23. The first-order valence-corrected chi connectivity index (χ1v) is 7.95. The quantitative estimate of drug-likeness (QED) is 0.917. The molecule has 1 aliphatic heterocycles. The molecular formula is C12H16ClNO2S. The molecule has 0 aromatic heterocycles. The molecule has 1 unspecified atom stereocenters. The van der Waals surface area contributed by atoms with E-state index in [4.69, 9.17) is 11.6 Å². The molecule has 0 amide bonds. The monoisotopic (exact) mass is 273 g/mol. The highest BCUT2D eigenvalue weighted by molar-refractivity contribution is 7.90. The fourth-order valence-corrected chi connectivity index (χ4v) is 3.54. The molecule has 17 heavy (non-hydrogen) atoms. The maximum Gasteiger partial charge on any atom is 0.176 e. The van der Waals surface area contributed by atoms with E-state index in [0.717, 1.165) is 18.5 Å². The van der Waals surface area contributed by atoms with Crippen molar-refractivity contribution in [2.45, 2.75) is 30.2 Å². The average Bonchev–Trinajstić information content (AvgIpc) is 2.68. The molecule has 1 atom stereocenters. The van der Waals surface area contributed by atoms with Gasteiger partial charge in [0.15, 0.2) is 9.84 Å². The van der Waals surface area contributed by atoms with E-state index < -0.39 is 9.84 Å². The Bertz CT molecular complexity index is 507. The van der Waals surface area contributed by atoms with Crippen molar-refractivity contribution in [1.82, 2.24) is 5.32 Å². The number of hydrogen-bond donors (Lipinski definition) is 1. The van der Waals surface area contributed by atoms with Gasteiger partial charge in [-0.2, -0.15) is 0 Å². The molecule has 94 valence electrons. The van der Waals surface area contributed by atoms with E-state index in [2.05, 4.69) is 5.32 Å². The van der Waals surface area contributed by atoms with Crippen LogP contribution in [-0.4, -0.2) is 27.3 Å². The summed E-state index contributed by atoms with van der Waals surface area (Å²) in [5.74, 6) is 0. The lowest BCUT2D eigenvalue weighted by atomic mass is 10.1. The molecule has 1 aliphatic rings. The van der Waals surface area contributed by atoms with Gasteiger partial charge < -0.3 is 5.32 Å². The minimum Gasteiger partial charge on any atom is -0.314 e. The topological polar surface area (TPSA) is 46.2 Å². The molecule has 5 heteroatoms. The van der Waals surface area contributed by atoms with Crippen LogP contribution in [0.2, 0.25) is 5.02 Å². The lowest BCUT2D eigenvalue weighted by Gasteiger charge is -2.11. The molecule has 1 heterocycles. The first-order chi connectivity index (χ1) is 7.97. The maximum absolute atomic E-state index is 11.4. The maximum atomic E-state index is 11.4. The number of rotatable bonds is 3. The molecule has 1 aromatic carbocycles. The van der Waals surface area contributed by atoms with Crippen LogP contribution >= 0.6 is 11.6 Å². The van der Waals surface area contributed by atoms with Crippen LogP contribution in [0.15, 0.2) is 23.1 Å².